The first-order chi connectivity index (χ1) is 7.38. The van der Waals surface area contributed by atoms with Crippen molar-refractivity contribution in [3.8, 4) is 11.5 Å². The molecule has 1 heterocycles. The number of ether oxygens (including phenoxy) is 3. The highest BCUT2D eigenvalue weighted by Crippen LogP contribution is 2.19. The number of benzene rings is 1. The van der Waals surface area contributed by atoms with Crippen LogP contribution in [0.5, 0.6) is 11.5 Å². The Balaban J connectivity index is 1.79. The summed E-state index contributed by atoms with van der Waals surface area (Å²) in [5.41, 5.74) is 0. The fourth-order valence-electron chi connectivity index (χ4n) is 1.21. The van der Waals surface area contributed by atoms with Gasteiger partial charge in [-0.2, -0.15) is 0 Å². The molecule has 1 aliphatic heterocycles. The van der Waals surface area contributed by atoms with Crippen LogP contribution in [0.4, 0.5) is 0 Å². The molecule has 3 heteroatoms. The molecule has 0 bridgehead atoms. The van der Waals surface area contributed by atoms with Gasteiger partial charge in [-0.05, 0) is 30.7 Å². The van der Waals surface area contributed by atoms with Gasteiger partial charge >= 0.3 is 0 Å². The molecule has 1 aliphatic rings. The zero-order chi connectivity index (χ0) is 10.5. The van der Waals surface area contributed by atoms with E-state index in [0.29, 0.717) is 12.7 Å². The summed E-state index contributed by atoms with van der Waals surface area (Å²) in [6.45, 7) is 4.33. The summed E-state index contributed by atoms with van der Waals surface area (Å²) in [5.74, 6) is 1.77. The van der Waals surface area contributed by atoms with Crippen molar-refractivity contribution in [3.63, 3.8) is 0 Å². The van der Waals surface area contributed by atoms with Gasteiger partial charge in [0.25, 0.3) is 0 Å². The molecule has 1 atom stereocenters. The van der Waals surface area contributed by atoms with E-state index in [1.165, 1.54) is 0 Å². The highest BCUT2D eigenvalue weighted by atomic mass is 16.6. The van der Waals surface area contributed by atoms with Crippen molar-refractivity contribution in [2.45, 2.75) is 19.4 Å². The second kappa shape index (κ2) is 5.03. The first-order valence-electron chi connectivity index (χ1n) is 5.35. The van der Waals surface area contributed by atoms with Crippen LogP contribution >= 0.6 is 0 Å². The lowest BCUT2D eigenvalue weighted by Crippen LogP contribution is -2.03. The topological polar surface area (TPSA) is 31.0 Å². The lowest BCUT2D eigenvalue weighted by atomic mass is 10.3. The summed E-state index contributed by atoms with van der Waals surface area (Å²) in [7, 11) is 0. The predicted octanol–water partition coefficient (Wildman–Crippen LogP) is 2.25. The van der Waals surface area contributed by atoms with Gasteiger partial charge < -0.3 is 14.2 Å². The molecule has 0 amide bonds. The first kappa shape index (κ1) is 10.3. The van der Waals surface area contributed by atoms with Gasteiger partial charge in [0, 0.05) is 0 Å². The Morgan fingerprint density at radius 1 is 1.20 bits per heavy atom. The van der Waals surface area contributed by atoms with Crippen molar-refractivity contribution < 1.29 is 14.2 Å². The van der Waals surface area contributed by atoms with Crippen molar-refractivity contribution >= 4 is 0 Å². The number of epoxide rings is 1. The van der Waals surface area contributed by atoms with E-state index in [4.69, 9.17) is 14.2 Å². The maximum absolute atomic E-state index is 5.51. The highest BCUT2D eigenvalue weighted by molar-refractivity contribution is 5.31. The van der Waals surface area contributed by atoms with E-state index in [1.54, 1.807) is 0 Å². The maximum Gasteiger partial charge on any atom is 0.119 e. The van der Waals surface area contributed by atoms with Crippen LogP contribution in [0, 0.1) is 0 Å². The molecular weight excluding hydrogens is 192 g/mol. The van der Waals surface area contributed by atoms with Crippen molar-refractivity contribution in [2.75, 3.05) is 19.8 Å². The van der Waals surface area contributed by atoms with Gasteiger partial charge in [-0.25, -0.2) is 0 Å². The van der Waals surface area contributed by atoms with Crippen molar-refractivity contribution in [1.29, 1.82) is 0 Å². The Hall–Kier alpha value is -1.22. The fourth-order valence-corrected chi connectivity index (χ4v) is 1.21. The quantitative estimate of drug-likeness (QED) is 0.672. The average molecular weight is 208 g/mol. The van der Waals surface area contributed by atoms with E-state index in [2.05, 4.69) is 6.92 Å². The van der Waals surface area contributed by atoms with Gasteiger partial charge in [0.05, 0.1) is 13.2 Å². The standard InChI is InChI=1S/C12H16O3/c1-2-7-13-10-3-5-11(6-4-10)14-8-12-9-15-12/h3-6,12H,2,7-9H2,1H3. The summed E-state index contributed by atoms with van der Waals surface area (Å²) in [6.07, 6.45) is 1.33. The van der Waals surface area contributed by atoms with Crippen LogP contribution in [-0.4, -0.2) is 25.9 Å². The van der Waals surface area contributed by atoms with Crippen LogP contribution in [0.25, 0.3) is 0 Å². The molecule has 0 spiro atoms. The van der Waals surface area contributed by atoms with E-state index >= 15 is 0 Å². The lowest BCUT2D eigenvalue weighted by molar-refractivity contribution is 0.262. The Bertz CT molecular complexity index is 290. The molecule has 0 N–H and O–H groups in total. The minimum atomic E-state index is 0.306. The van der Waals surface area contributed by atoms with Crippen LogP contribution in [0.1, 0.15) is 13.3 Å². The van der Waals surface area contributed by atoms with Crippen LogP contribution in [0.3, 0.4) is 0 Å². The van der Waals surface area contributed by atoms with Gasteiger partial charge in [0.1, 0.15) is 24.2 Å². The largest absolute Gasteiger partial charge is 0.494 e. The molecule has 0 aliphatic carbocycles. The van der Waals surface area contributed by atoms with Gasteiger partial charge in [-0.3, -0.25) is 0 Å². The van der Waals surface area contributed by atoms with Gasteiger partial charge in [-0.15, -0.1) is 0 Å². The van der Waals surface area contributed by atoms with Crippen LogP contribution in [0.15, 0.2) is 24.3 Å². The zero-order valence-corrected chi connectivity index (χ0v) is 8.94. The number of hydrogen-bond acceptors (Lipinski definition) is 3. The minimum absolute atomic E-state index is 0.306. The molecule has 1 saturated heterocycles. The summed E-state index contributed by atoms with van der Waals surface area (Å²) in [4.78, 5) is 0. The summed E-state index contributed by atoms with van der Waals surface area (Å²) < 4.78 is 16.0. The zero-order valence-electron chi connectivity index (χ0n) is 8.94. The number of rotatable bonds is 6. The third-order valence-electron chi connectivity index (χ3n) is 2.13. The summed E-state index contributed by atoms with van der Waals surface area (Å²) in [6, 6.07) is 7.71. The molecule has 2 rings (SSSR count). The van der Waals surface area contributed by atoms with Crippen molar-refractivity contribution in [3.05, 3.63) is 24.3 Å². The normalized spacial score (nSPS) is 18.6. The molecule has 3 nitrogen and oxygen atoms in total. The highest BCUT2D eigenvalue weighted by Gasteiger charge is 2.22. The monoisotopic (exact) mass is 208 g/mol. The molecule has 0 saturated carbocycles. The molecule has 1 fully saturated rings. The van der Waals surface area contributed by atoms with E-state index in [0.717, 1.165) is 31.1 Å². The Morgan fingerprint density at radius 2 is 1.80 bits per heavy atom. The van der Waals surface area contributed by atoms with Crippen molar-refractivity contribution in [1.82, 2.24) is 0 Å². The van der Waals surface area contributed by atoms with Gasteiger partial charge in [0.15, 0.2) is 0 Å². The smallest absolute Gasteiger partial charge is 0.119 e. The van der Waals surface area contributed by atoms with Crippen LogP contribution in [-0.2, 0) is 4.74 Å². The van der Waals surface area contributed by atoms with E-state index in [1.807, 2.05) is 24.3 Å². The van der Waals surface area contributed by atoms with E-state index < -0.39 is 0 Å². The molecule has 0 aromatic heterocycles. The maximum atomic E-state index is 5.51. The van der Waals surface area contributed by atoms with Crippen LogP contribution < -0.4 is 9.47 Å². The van der Waals surface area contributed by atoms with E-state index in [9.17, 15) is 0 Å². The summed E-state index contributed by atoms with van der Waals surface area (Å²) >= 11 is 0. The van der Waals surface area contributed by atoms with Gasteiger partial charge in [-0.1, -0.05) is 6.92 Å². The summed E-state index contributed by atoms with van der Waals surface area (Å²) in [5, 5.41) is 0. The molecule has 15 heavy (non-hydrogen) atoms. The Labute approximate surface area is 90.0 Å². The molecule has 1 aromatic rings. The van der Waals surface area contributed by atoms with Crippen molar-refractivity contribution in [2.24, 2.45) is 0 Å². The molecule has 1 unspecified atom stereocenters. The predicted molar refractivity (Wildman–Crippen MR) is 57.5 cm³/mol. The lowest BCUT2D eigenvalue weighted by Gasteiger charge is -2.06. The number of hydrogen-bond donors (Lipinski definition) is 0. The minimum Gasteiger partial charge on any atom is -0.494 e. The third-order valence-corrected chi connectivity index (χ3v) is 2.13. The molecular formula is C12H16O3. The van der Waals surface area contributed by atoms with Crippen LogP contribution in [0.2, 0.25) is 0 Å². The average Bonchev–Trinajstić information content (AvgIpc) is 3.09. The second-order valence-corrected chi connectivity index (χ2v) is 3.59. The molecule has 0 radical (unpaired) electrons. The Morgan fingerprint density at radius 3 is 2.33 bits per heavy atom. The SMILES string of the molecule is CCCOc1ccc(OCC2CO2)cc1. The van der Waals surface area contributed by atoms with E-state index in [-0.39, 0.29) is 0 Å². The fraction of sp³-hybridized carbons (Fsp3) is 0.500. The first-order valence-corrected chi connectivity index (χ1v) is 5.35. The molecule has 1 aromatic carbocycles. The second-order valence-electron chi connectivity index (χ2n) is 3.59. The molecule has 82 valence electrons. The van der Waals surface area contributed by atoms with Gasteiger partial charge in [0.2, 0.25) is 0 Å². The third kappa shape index (κ3) is 3.44. The Kier molecular flexibility index (Phi) is 3.45.